The molecule has 0 unspecified atom stereocenters. The molecule has 0 bridgehead atoms. The Labute approximate surface area is 163 Å². The number of halogens is 1. The van der Waals surface area contributed by atoms with Gasteiger partial charge < -0.3 is 9.64 Å². The van der Waals surface area contributed by atoms with E-state index < -0.39 is 0 Å². The molecule has 2 heterocycles. The summed E-state index contributed by atoms with van der Waals surface area (Å²) in [6.07, 6.45) is 2.09. The van der Waals surface area contributed by atoms with E-state index in [0.29, 0.717) is 10.7 Å². The molecule has 0 saturated carbocycles. The Morgan fingerprint density at radius 2 is 1.81 bits per heavy atom. The molecule has 4 rings (SSSR count). The number of hydrogen-bond donors (Lipinski definition) is 0. The number of hydrogen-bond acceptors (Lipinski definition) is 3. The van der Waals surface area contributed by atoms with Crippen molar-refractivity contribution in [2.45, 2.75) is 12.8 Å². The molecule has 27 heavy (non-hydrogen) atoms. The summed E-state index contributed by atoms with van der Waals surface area (Å²) in [5.74, 6) is 0.779. The fourth-order valence-corrected chi connectivity index (χ4v) is 3.51. The van der Waals surface area contributed by atoms with Gasteiger partial charge in [-0.1, -0.05) is 17.7 Å². The van der Waals surface area contributed by atoms with Crippen LogP contribution in [0.4, 0.5) is 0 Å². The molecular formula is C21H20ClN3O2. The van der Waals surface area contributed by atoms with Gasteiger partial charge >= 0.3 is 0 Å². The fourth-order valence-electron chi connectivity index (χ4n) is 3.32. The summed E-state index contributed by atoms with van der Waals surface area (Å²) in [6, 6.07) is 16.9. The maximum atomic E-state index is 13.1. The monoisotopic (exact) mass is 381 g/mol. The van der Waals surface area contributed by atoms with Crippen molar-refractivity contribution >= 4 is 17.5 Å². The number of methoxy groups -OCH3 is 1. The molecule has 0 spiro atoms. The maximum absolute atomic E-state index is 13.1. The largest absolute Gasteiger partial charge is 0.497 e. The van der Waals surface area contributed by atoms with E-state index in [-0.39, 0.29) is 5.91 Å². The lowest BCUT2D eigenvalue weighted by atomic mass is 10.1. The minimum atomic E-state index is -0.000243. The second-order valence-corrected chi connectivity index (χ2v) is 6.97. The minimum Gasteiger partial charge on any atom is -0.497 e. The van der Waals surface area contributed by atoms with E-state index in [2.05, 4.69) is 0 Å². The molecule has 138 valence electrons. The molecule has 1 saturated heterocycles. The van der Waals surface area contributed by atoms with Gasteiger partial charge in [-0.3, -0.25) is 4.79 Å². The summed E-state index contributed by atoms with van der Waals surface area (Å²) in [5, 5.41) is 5.31. The fraction of sp³-hybridized carbons (Fsp3) is 0.238. The van der Waals surface area contributed by atoms with Crippen LogP contribution in [0.25, 0.3) is 16.9 Å². The number of ether oxygens (including phenoxy) is 1. The zero-order chi connectivity index (χ0) is 18.8. The SMILES string of the molecule is COc1ccc(-c2cc(C(=O)N3CCCC3)n(-c3cccc(Cl)c3)n2)cc1. The van der Waals surface area contributed by atoms with Crippen LogP contribution in [0.1, 0.15) is 23.3 Å². The van der Waals surface area contributed by atoms with Gasteiger partial charge in [0.1, 0.15) is 11.4 Å². The maximum Gasteiger partial charge on any atom is 0.272 e. The number of aromatic nitrogens is 2. The Bertz CT molecular complexity index is 960. The topological polar surface area (TPSA) is 47.4 Å². The van der Waals surface area contributed by atoms with Crippen LogP contribution in [0.3, 0.4) is 0 Å². The second-order valence-electron chi connectivity index (χ2n) is 6.53. The van der Waals surface area contributed by atoms with Gasteiger partial charge in [-0.15, -0.1) is 0 Å². The molecule has 0 N–H and O–H groups in total. The van der Waals surface area contributed by atoms with Crippen LogP contribution in [-0.2, 0) is 0 Å². The molecule has 1 amide bonds. The Balaban J connectivity index is 1.79. The lowest BCUT2D eigenvalue weighted by molar-refractivity contribution is 0.0784. The summed E-state index contributed by atoms with van der Waals surface area (Å²) in [4.78, 5) is 15.0. The van der Waals surface area contributed by atoms with Crippen molar-refractivity contribution in [2.24, 2.45) is 0 Å². The molecule has 0 aliphatic carbocycles. The summed E-state index contributed by atoms with van der Waals surface area (Å²) >= 11 is 6.16. The van der Waals surface area contributed by atoms with Gasteiger partial charge in [-0.25, -0.2) is 4.68 Å². The van der Waals surface area contributed by atoms with Crippen LogP contribution in [0.2, 0.25) is 5.02 Å². The first-order valence-corrected chi connectivity index (χ1v) is 9.33. The predicted molar refractivity (Wildman–Crippen MR) is 106 cm³/mol. The lowest BCUT2D eigenvalue weighted by Crippen LogP contribution is -2.29. The van der Waals surface area contributed by atoms with E-state index >= 15 is 0 Å². The van der Waals surface area contributed by atoms with Crippen molar-refractivity contribution in [3.63, 3.8) is 0 Å². The third-order valence-electron chi connectivity index (χ3n) is 4.76. The Morgan fingerprint density at radius 3 is 2.48 bits per heavy atom. The van der Waals surface area contributed by atoms with Gasteiger partial charge in [0.2, 0.25) is 0 Å². The van der Waals surface area contributed by atoms with Gasteiger partial charge in [-0.2, -0.15) is 5.10 Å². The highest BCUT2D eigenvalue weighted by Crippen LogP contribution is 2.26. The number of amides is 1. The zero-order valence-corrected chi connectivity index (χ0v) is 15.8. The van der Waals surface area contributed by atoms with E-state index in [9.17, 15) is 4.79 Å². The van der Waals surface area contributed by atoms with Crippen molar-refractivity contribution in [1.82, 2.24) is 14.7 Å². The zero-order valence-electron chi connectivity index (χ0n) is 15.1. The van der Waals surface area contributed by atoms with Gasteiger partial charge in [-0.05, 0) is 61.4 Å². The smallest absolute Gasteiger partial charge is 0.272 e. The molecule has 5 nitrogen and oxygen atoms in total. The molecule has 1 aliphatic rings. The molecule has 1 aliphatic heterocycles. The standard InChI is InChI=1S/C21H20ClN3O2/c1-27-18-9-7-15(8-10-18)19-14-20(21(26)24-11-2-3-12-24)25(23-19)17-6-4-5-16(22)13-17/h4-10,13-14H,2-3,11-12H2,1H3. The first-order valence-electron chi connectivity index (χ1n) is 8.95. The first-order chi connectivity index (χ1) is 13.2. The number of carbonyl (C=O) groups excluding carboxylic acids is 1. The van der Waals surface area contributed by atoms with Gasteiger partial charge in [0.15, 0.2) is 0 Å². The van der Waals surface area contributed by atoms with Crippen molar-refractivity contribution in [2.75, 3.05) is 20.2 Å². The molecular weight excluding hydrogens is 362 g/mol. The number of rotatable bonds is 4. The van der Waals surface area contributed by atoms with E-state index in [1.165, 1.54) is 0 Å². The number of nitrogens with zero attached hydrogens (tertiary/aromatic N) is 3. The van der Waals surface area contributed by atoms with E-state index in [4.69, 9.17) is 21.4 Å². The predicted octanol–water partition coefficient (Wildman–Crippen LogP) is 4.44. The molecule has 1 fully saturated rings. The van der Waals surface area contributed by atoms with Gasteiger partial charge in [0, 0.05) is 23.7 Å². The van der Waals surface area contributed by atoms with Crippen LogP contribution >= 0.6 is 11.6 Å². The van der Waals surface area contributed by atoms with Crippen LogP contribution in [0.15, 0.2) is 54.6 Å². The van der Waals surface area contributed by atoms with E-state index in [1.54, 1.807) is 17.9 Å². The minimum absolute atomic E-state index is 0.000243. The van der Waals surface area contributed by atoms with Crippen LogP contribution in [-0.4, -0.2) is 40.8 Å². The molecule has 2 aromatic carbocycles. The number of carbonyl (C=O) groups is 1. The lowest BCUT2D eigenvalue weighted by Gasteiger charge is -2.16. The Kier molecular flexibility index (Phi) is 4.86. The second kappa shape index (κ2) is 7.45. The van der Waals surface area contributed by atoms with Crippen LogP contribution < -0.4 is 4.74 Å². The van der Waals surface area contributed by atoms with E-state index in [1.807, 2.05) is 53.4 Å². The average Bonchev–Trinajstić information content (AvgIpc) is 3.38. The van der Waals surface area contributed by atoms with Crippen molar-refractivity contribution in [1.29, 1.82) is 0 Å². The summed E-state index contributed by atoms with van der Waals surface area (Å²) in [5.41, 5.74) is 2.97. The molecule has 6 heteroatoms. The van der Waals surface area contributed by atoms with E-state index in [0.717, 1.165) is 48.6 Å². The average molecular weight is 382 g/mol. The molecule has 0 radical (unpaired) electrons. The molecule has 3 aromatic rings. The quantitative estimate of drug-likeness (QED) is 0.671. The van der Waals surface area contributed by atoms with Gasteiger partial charge in [0.05, 0.1) is 18.5 Å². The van der Waals surface area contributed by atoms with Crippen LogP contribution in [0, 0.1) is 0 Å². The highest BCUT2D eigenvalue weighted by atomic mass is 35.5. The highest BCUT2D eigenvalue weighted by molar-refractivity contribution is 6.30. The molecule has 0 atom stereocenters. The normalized spacial score (nSPS) is 13.8. The van der Waals surface area contributed by atoms with Gasteiger partial charge in [0.25, 0.3) is 5.91 Å². The van der Waals surface area contributed by atoms with Crippen molar-refractivity contribution in [3.8, 4) is 22.7 Å². The molecule has 1 aromatic heterocycles. The number of likely N-dealkylation sites (tertiary alicyclic amines) is 1. The first kappa shape index (κ1) is 17.6. The Hall–Kier alpha value is -2.79. The highest BCUT2D eigenvalue weighted by Gasteiger charge is 2.25. The van der Waals surface area contributed by atoms with Crippen molar-refractivity contribution < 1.29 is 9.53 Å². The Morgan fingerprint density at radius 1 is 1.07 bits per heavy atom. The summed E-state index contributed by atoms with van der Waals surface area (Å²) < 4.78 is 6.91. The van der Waals surface area contributed by atoms with Crippen LogP contribution in [0.5, 0.6) is 5.75 Å². The third kappa shape index (κ3) is 3.55. The summed E-state index contributed by atoms with van der Waals surface area (Å²) in [7, 11) is 1.63. The number of benzene rings is 2. The third-order valence-corrected chi connectivity index (χ3v) is 5.00. The van der Waals surface area contributed by atoms with Crippen molar-refractivity contribution in [3.05, 3.63) is 65.3 Å². The summed E-state index contributed by atoms with van der Waals surface area (Å²) in [6.45, 7) is 1.58.